The van der Waals surface area contributed by atoms with Gasteiger partial charge in [-0.05, 0) is 31.5 Å². The number of nitrogens with zero attached hydrogens (tertiary/aromatic N) is 5. The van der Waals surface area contributed by atoms with E-state index in [1.165, 1.54) is 6.07 Å². The molecule has 0 saturated carbocycles. The van der Waals surface area contributed by atoms with Gasteiger partial charge in [-0.2, -0.15) is 5.10 Å². The van der Waals surface area contributed by atoms with Crippen molar-refractivity contribution in [2.75, 3.05) is 26.3 Å². The molecule has 4 aromatic rings. The van der Waals surface area contributed by atoms with Crippen LogP contribution in [0.15, 0.2) is 27.4 Å². The minimum atomic E-state index is -0.363. The van der Waals surface area contributed by atoms with Gasteiger partial charge in [0.2, 0.25) is 0 Å². The Morgan fingerprint density at radius 1 is 1.11 bits per heavy atom. The van der Waals surface area contributed by atoms with Crippen LogP contribution < -0.4 is 5.63 Å². The van der Waals surface area contributed by atoms with Gasteiger partial charge in [0.25, 0.3) is 0 Å². The molecule has 3 aromatic heterocycles. The standard InChI is InChI=1S/C19H19N5O3/c1-11-9-14-13(3-4-15(25)27-14)16-17(11)20-21-18-12(2)22-24(19(16)18)10-23-5-7-26-8-6-23/h3-4,9H,5-8,10H2,1-2H3. The van der Waals surface area contributed by atoms with Gasteiger partial charge in [0.1, 0.15) is 16.6 Å². The van der Waals surface area contributed by atoms with Crippen LogP contribution >= 0.6 is 0 Å². The van der Waals surface area contributed by atoms with Gasteiger partial charge in [0.05, 0.1) is 31.1 Å². The van der Waals surface area contributed by atoms with Crippen LogP contribution in [0.1, 0.15) is 11.3 Å². The maximum Gasteiger partial charge on any atom is 0.336 e. The highest BCUT2D eigenvalue weighted by Gasteiger charge is 2.20. The van der Waals surface area contributed by atoms with E-state index in [0.717, 1.165) is 64.9 Å². The molecule has 1 fully saturated rings. The molecule has 4 heterocycles. The van der Waals surface area contributed by atoms with Crippen molar-refractivity contribution in [2.24, 2.45) is 0 Å². The summed E-state index contributed by atoms with van der Waals surface area (Å²) in [5.41, 5.74) is 4.43. The molecule has 1 saturated heterocycles. The Kier molecular flexibility index (Phi) is 3.70. The average molecular weight is 365 g/mol. The Balaban J connectivity index is 1.84. The van der Waals surface area contributed by atoms with Crippen LogP contribution in [0.5, 0.6) is 0 Å². The van der Waals surface area contributed by atoms with Gasteiger partial charge < -0.3 is 9.15 Å². The highest BCUT2D eigenvalue weighted by molar-refractivity contribution is 6.16. The van der Waals surface area contributed by atoms with E-state index in [4.69, 9.17) is 14.3 Å². The van der Waals surface area contributed by atoms with Crippen LogP contribution in [0, 0.1) is 13.8 Å². The fourth-order valence-corrected chi connectivity index (χ4v) is 3.78. The first-order chi connectivity index (χ1) is 13.1. The lowest BCUT2D eigenvalue weighted by molar-refractivity contribution is 0.0221. The van der Waals surface area contributed by atoms with Crippen molar-refractivity contribution in [1.82, 2.24) is 24.9 Å². The van der Waals surface area contributed by atoms with Gasteiger partial charge in [-0.1, -0.05) is 0 Å². The summed E-state index contributed by atoms with van der Waals surface area (Å²) in [5.74, 6) is 0. The zero-order valence-electron chi connectivity index (χ0n) is 15.2. The topological polar surface area (TPSA) is 86.3 Å². The van der Waals surface area contributed by atoms with E-state index < -0.39 is 0 Å². The number of fused-ring (bicyclic) bond motifs is 5. The molecule has 0 radical (unpaired) electrons. The maximum atomic E-state index is 11.7. The number of rotatable bonds is 2. The largest absolute Gasteiger partial charge is 0.423 e. The Labute approximate surface area is 154 Å². The van der Waals surface area contributed by atoms with Crippen LogP contribution in [0.3, 0.4) is 0 Å². The van der Waals surface area contributed by atoms with Crippen LogP contribution in [0.4, 0.5) is 0 Å². The predicted octanol–water partition coefficient (Wildman–Crippen LogP) is 1.99. The zero-order valence-corrected chi connectivity index (χ0v) is 15.2. The average Bonchev–Trinajstić information content (AvgIpc) is 2.98. The van der Waals surface area contributed by atoms with Crippen molar-refractivity contribution in [2.45, 2.75) is 20.5 Å². The number of hydrogen-bond acceptors (Lipinski definition) is 7. The number of ether oxygens (including phenoxy) is 1. The summed E-state index contributed by atoms with van der Waals surface area (Å²) in [5, 5.41) is 15.4. The summed E-state index contributed by atoms with van der Waals surface area (Å²) in [6.45, 7) is 7.73. The third-order valence-corrected chi connectivity index (χ3v) is 5.11. The predicted molar refractivity (Wildman–Crippen MR) is 101 cm³/mol. The van der Waals surface area contributed by atoms with Gasteiger partial charge >= 0.3 is 5.63 Å². The molecule has 1 aromatic carbocycles. The normalized spacial score (nSPS) is 15.9. The van der Waals surface area contributed by atoms with E-state index in [2.05, 4.69) is 15.1 Å². The lowest BCUT2D eigenvalue weighted by atomic mass is 10.0. The molecule has 0 bridgehead atoms. The molecule has 138 valence electrons. The van der Waals surface area contributed by atoms with Crippen LogP contribution in [0.2, 0.25) is 0 Å². The first-order valence-electron chi connectivity index (χ1n) is 8.99. The van der Waals surface area contributed by atoms with Crippen molar-refractivity contribution in [3.8, 4) is 0 Å². The summed E-state index contributed by atoms with van der Waals surface area (Å²) in [4.78, 5) is 14.0. The highest BCUT2D eigenvalue weighted by atomic mass is 16.5. The van der Waals surface area contributed by atoms with Gasteiger partial charge in [-0.3, -0.25) is 4.90 Å². The molecule has 1 aliphatic heterocycles. The van der Waals surface area contributed by atoms with Crippen molar-refractivity contribution in [3.63, 3.8) is 0 Å². The summed E-state index contributed by atoms with van der Waals surface area (Å²) in [7, 11) is 0. The van der Waals surface area contributed by atoms with Gasteiger partial charge in [0, 0.05) is 29.9 Å². The van der Waals surface area contributed by atoms with Gasteiger partial charge in [-0.25, -0.2) is 9.48 Å². The number of morpholine rings is 1. The molecule has 27 heavy (non-hydrogen) atoms. The molecule has 0 amide bonds. The summed E-state index contributed by atoms with van der Waals surface area (Å²) in [6, 6.07) is 5.08. The number of aromatic nitrogens is 4. The number of benzene rings is 1. The molecular weight excluding hydrogens is 346 g/mol. The van der Waals surface area contributed by atoms with Crippen molar-refractivity contribution in [3.05, 3.63) is 39.9 Å². The maximum absolute atomic E-state index is 11.7. The molecule has 0 spiro atoms. The van der Waals surface area contributed by atoms with E-state index in [9.17, 15) is 4.79 Å². The Morgan fingerprint density at radius 2 is 1.89 bits per heavy atom. The van der Waals surface area contributed by atoms with Crippen LogP contribution in [0.25, 0.3) is 32.9 Å². The molecule has 0 atom stereocenters. The van der Waals surface area contributed by atoms with Crippen LogP contribution in [-0.4, -0.2) is 51.2 Å². The molecule has 1 aliphatic rings. The second kappa shape index (κ2) is 6.11. The molecule has 5 rings (SSSR count). The van der Waals surface area contributed by atoms with Crippen LogP contribution in [-0.2, 0) is 11.4 Å². The van der Waals surface area contributed by atoms with Crippen molar-refractivity contribution >= 4 is 32.9 Å². The molecule has 0 unspecified atom stereocenters. The summed E-state index contributed by atoms with van der Waals surface area (Å²) in [6.07, 6.45) is 0. The smallest absolute Gasteiger partial charge is 0.336 e. The third kappa shape index (κ3) is 2.60. The second-order valence-electron chi connectivity index (χ2n) is 6.94. The Hall–Kier alpha value is -2.84. The number of hydrogen-bond donors (Lipinski definition) is 0. The fourth-order valence-electron chi connectivity index (χ4n) is 3.78. The van der Waals surface area contributed by atoms with E-state index in [1.807, 2.05) is 24.6 Å². The van der Waals surface area contributed by atoms with Gasteiger partial charge in [-0.15, -0.1) is 10.2 Å². The van der Waals surface area contributed by atoms with E-state index in [1.54, 1.807) is 6.07 Å². The Bertz CT molecular complexity index is 1240. The minimum Gasteiger partial charge on any atom is -0.423 e. The monoisotopic (exact) mass is 365 g/mol. The molecule has 8 nitrogen and oxygen atoms in total. The van der Waals surface area contributed by atoms with E-state index in [-0.39, 0.29) is 5.63 Å². The quantitative estimate of drug-likeness (QED) is 0.397. The lowest BCUT2D eigenvalue weighted by Gasteiger charge is -2.26. The fraction of sp³-hybridized carbons (Fsp3) is 0.368. The first kappa shape index (κ1) is 16.3. The molecular formula is C19H19N5O3. The second-order valence-corrected chi connectivity index (χ2v) is 6.94. The minimum absolute atomic E-state index is 0.363. The zero-order chi connectivity index (χ0) is 18.5. The number of aryl methyl sites for hydroxylation is 2. The van der Waals surface area contributed by atoms with E-state index in [0.29, 0.717) is 12.3 Å². The van der Waals surface area contributed by atoms with Crippen molar-refractivity contribution in [1.29, 1.82) is 0 Å². The first-order valence-corrected chi connectivity index (χ1v) is 8.99. The lowest BCUT2D eigenvalue weighted by Crippen LogP contribution is -2.37. The highest BCUT2D eigenvalue weighted by Crippen LogP contribution is 2.32. The van der Waals surface area contributed by atoms with Crippen molar-refractivity contribution < 1.29 is 9.15 Å². The summed E-state index contributed by atoms with van der Waals surface area (Å²) >= 11 is 0. The van der Waals surface area contributed by atoms with E-state index >= 15 is 0 Å². The Morgan fingerprint density at radius 3 is 2.70 bits per heavy atom. The molecule has 8 heteroatoms. The molecule has 0 N–H and O–H groups in total. The SMILES string of the molecule is Cc1cc2oc(=O)ccc2c2c1nnc1c(C)nn(CN3CCOCC3)c12. The molecule has 0 aliphatic carbocycles. The van der Waals surface area contributed by atoms with Gasteiger partial charge in [0.15, 0.2) is 0 Å². The third-order valence-electron chi connectivity index (χ3n) is 5.11. The summed E-state index contributed by atoms with van der Waals surface area (Å²) < 4.78 is 12.9.